The Balaban J connectivity index is 2.07. The molecule has 1 rings (SSSR count). The second kappa shape index (κ2) is 7.78. The fourth-order valence-corrected chi connectivity index (χ4v) is 1.55. The molecular weight excluding hydrogens is 218 g/mol. The van der Waals surface area contributed by atoms with Gasteiger partial charge >= 0.3 is 0 Å². The van der Waals surface area contributed by atoms with Crippen LogP contribution in [0.25, 0.3) is 0 Å². The maximum atomic E-state index is 11.5. The summed E-state index contributed by atoms with van der Waals surface area (Å²) >= 11 is 0. The minimum atomic E-state index is 0.0842. The van der Waals surface area contributed by atoms with Crippen LogP contribution in [-0.2, 0) is 11.3 Å². The van der Waals surface area contributed by atoms with E-state index in [-0.39, 0.29) is 5.91 Å². The lowest BCUT2D eigenvalue weighted by Gasteiger charge is -2.11. The molecule has 1 amide bonds. The molecule has 17 heavy (non-hydrogen) atoms. The molecule has 6 heteroatoms. The molecule has 6 nitrogen and oxygen atoms in total. The predicted molar refractivity (Wildman–Crippen MR) is 65.1 cm³/mol. The smallest absolute Gasteiger partial charge is 0.220 e. The maximum Gasteiger partial charge on any atom is 0.220 e. The maximum absolute atomic E-state index is 11.5. The third kappa shape index (κ3) is 5.44. The summed E-state index contributed by atoms with van der Waals surface area (Å²) in [5.74, 6) is 0.381. The Bertz CT molecular complexity index is 308. The van der Waals surface area contributed by atoms with Gasteiger partial charge in [0.05, 0.1) is 6.20 Å². The van der Waals surface area contributed by atoms with Gasteiger partial charge in [-0.05, 0) is 18.9 Å². The number of amides is 1. The molecule has 0 bridgehead atoms. The average Bonchev–Trinajstić information content (AvgIpc) is 2.84. The van der Waals surface area contributed by atoms with E-state index in [9.17, 15) is 4.79 Å². The Morgan fingerprint density at radius 3 is 3.00 bits per heavy atom. The highest BCUT2D eigenvalue weighted by atomic mass is 16.1. The van der Waals surface area contributed by atoms with Crippen LogP contribution in [0.15, 0.2) is 12.4 Å². The summed E-state index contributed by atoms with van der Waals surface area (Å²) in [7, 11) is 0. The van der Waals surface area contributed by atoms with Gasteiger partial charge in [0.2, 0.25) is 5.91 Å². The summed E-state index contributed by atoms with van der Waals surface area (Å²) in [5.41, 5.74) is 5.55. The van der Waals surface area contributed by atoms with Crippen molar-refractivity contribution in [2.45, 2.75) is 32.7 Å². The van der Waals surface area contributed by atoms with E-state index in [0.29, 0.717) is 25.4 Å². The molecule has 0 aliphatic carbocycles. The lowest BCUT2D eigenvalue weighted by Crippen LogP contribution is -2.29. The highest BCUT2D eigenvalue weighted by Gasteiger charge is 2.09. The van der Waals surface area contributed by atoms with Crippen molar-refractivity contribution in [2.75, 3.05) is 13.1 Å². The highest BCUT2D eigenvalue weighted by molar-refractivity contribution is 5.76. The second-order valence-electron chi connectivity index (χ2n) is 4.08. The van der Waals surface area contributed by atoms with Crippen LogP contribution < -0.4 is 11.1 Å². The monoisotopic (exact) mass is 239 g/mol. The van der Waals surface area contributed by atoms with E-state index in [4.69, 9.17) is 5.73 Å². The number of nitrogens with two attached hydrogens (primary N) is 1. The molecule has 1 unspecified atom stereocenters. The van der Waals surface area contributed by atoms with Crippen LogP contribution in [0, 0.1) is 5.92 Å². The molecule has 1 atom stereocenters. The molecule has 1 heterocycles. The van der Waals surface area contributed by atoms with Gasteiger partial charge in [-0.3, -0.25) is 9.48 Å². The molecule has 1 aromatic heterocycles. The van der Waals surface area contributed by atoms with E-state index in [1.54, 1.807) is 10.9 Å². The van der Waals surface area contributed by atoms with Crippen LogP contribution in [0.5, 0.6) is 0 Å². The molecule has 0 aromatic carbocycles. The zero-order valence-electron chi connectivity index (χ0n) is 10.3. The first-order valence-corrected chi connectivity index (χ1v) is 6.07. The van der Waals surface area contributed by atoms with Gasteiger partial charge in [0.15, 0.2) is 0 Å². The van der Waals surface area contributed by atoms with Gasteiger partial charge in [0, 0.05) is 25.7 Å². The summed E-state index contributed by atoms with van der Waals surface area (Å²) in [6, 6.07) is 0. The van der Waals surface area contributed by atoms with Crippen LogP contribution in [0.4, 0.5) is 0 Å². The molecule has 0 saturated heterocycles. The van der Waals surface area contributed by atoms with E-state index in [1.807, 2.05) is 6.20 Å². The lowest BCUT2D eigenvalue weighted by atomic mass is 10.0. The number of carbonyl (C=O) groups is 1. The standard InChI is InChI=1S/C11H21N5O/c1-2-10(9-12)8-11(17)13-4-3-6-16-7-5-14-15-16/h5,7,10H,2-4,6,8-9,12H2,1H3,(H,13,17). The highest BCUT2D eigenvalue weighted by Crippen LogP contribution is 2.05. The van der Waals surface area contributed by atoms with Crippen molar-refractivity contribution in [1.29, 1.82) is 0 Å². The van der Waals surface area contributed by atoms with Crippen molar-refractivity contribution in [3.63, 3.8) is 0 Å². The first kappa shape index (κ1) is 13.6. The van der Waals surface area contributed by atoms with Gasteiger partial charge in [-0.2, -0.15) is 0 Å². The van der Waals surface area contributed by atoms with Crippen molar-refractivity contribution in [3.05, 3.63) is 12.4 Å². The summed E-state index contributed by atoms with van der Waals surface area (Å²) in [6.45, 7) is 4.06. The zero-order chi connectivity index (χ0) is 12.5. The largest absolute Gasteiger partial charge is 0.356 e. The third-order valence-electron chi connectivity index (χ3n) is 2.74. The summed E-state index contributed by atoms with van der Waals surface area (Å²) in [4.78, 5) is 11.5. The molecule has 0 aliphatic heterocycles. The molecule has 0 fully saturated rings. The lowest BCUT2D eigenvalue weighted by molar-refractivity contribution is -0.122. The third-order valence-corrected chi connectivity index (χ3v) is 2.74. The van der Waals surface area contributed by atoms with Gasteiger partial charge in [-0.25, -0.2) is 0 Å². The molecule has 96 valence electrons. The number of hydrogen-bond acceptors (Lipinski definition) is 4. The van der Waals surface area contributed by atoms with Crippen molar-refractivity contribution >= 4 is 5.91 Å². The first-order chi connectivity index (χ1) is 8.26. The van der Waals surface area contributed by atoms with Gasteiger partial charge in [-0.1, -0.05) is 18.6 Å². The summed E-state index contributed by atoms with van der Waals surface area (Å²) in [6.07, 6.45) is 5.78. The van der Waals surface area contributed by atoms with Crippen LogP contribution in [0.3, 0.4) is 0 Å². The van der Waals surface area contributed by atoms with E-state index in [0.717, 1.165) is 19.4 Å². The van der Waals surface area contributed by atoms with Crippen molar-refractivity contribution in [2.24, 2.45) is 11.7 Å². The molecule has 0 spiro atoms. The quantitative estimate of drug-likeness (QED) is 0.633. The Morgan fingerprint density at radius 1 is 1.59 bits per heavy atom. The van der Waals surface area contributed by atoms with E-state index in [1.165, 1.54) is 0 Å². The Kier molecular flexibility index (Phi) is 6.24. The van der Waals surface area contributed by atoms with E-state index in [2.05, 4.69) is 22.6 Å². The minimum absolute atomic E-state index is 0.0842. The van der Waals surface area contributed by atoms with Gasteiger partial charge in [0.25, 0.3) is 0 Å². The number of aryl methyl sites for hydroxylation is 1. The Morgan fingerprint density at radius 2 is 2.41 bits per heavy atom. The fourth-order valence-electron chi connectivity index (χ4n) is 1.55. The average molecular weight is 239 g/mol. The zero-order valence-corrected chi connectivity index (χ0v) is 10.3. The van der Waals surface area contributed by atoms with Gasteiger partial charge in [0.1, 0.15) is 0 Å². The number of nitrogens with zero attached hydrogens (tertiary/aromatic N) is 3. The van der Waals surface area contributed by atoms with Crippen LogP contribution in [0.1, 0.15) is 26.2 Å². The Labute approximate surface area is 102 Å². The van der Waals surface area contributed by atoms with Gasteiger partial charge < -0.3 is 11.1 Å². The molecule has 1 aromatic rings. The fraction of sp³-hybridized carbons (Fsp3) is 0.727. The van der Waals surface area contributed by atoms with Crippen LogP contribution in [0.2, 0.25) is 0 Å². The van der Waals surface area contributed by atoms with Crippen LogP contribution >= 0.6 is 0 Å². The van der Waals surface area contributed by atoms with Crippen LogP contribution in [-0.4, -0.2) is 34.0 Å². The SMILES string of the molecule is CCC(CN)CC(=O)NCCCn1ccnn1. The molecule has 0 aliphatic rings. The second-order valence-corrected chi connectivity index (χ2v) is 4.08. The molecular formula is C11H21N5O. The minimum Gasteiger partial charge on any atom is -0.356 e. The Hall–Kier alpha value is -1.43. The van der Waals surface area contributed by atoms with E-state index < -0.39 is 0 Å². The normalized spacial score (nSPS) is 12.4. The number of rotatable bonds is 8. The number of carbonyl (C=O) groups excluding carboxylic acids is 1. The first-order valence-electron chi connectivity index (χ1n) is 6.07. The predicted octanol–water partition coefficient (Wildman–Crippen LogP) is 0.159. The number of aromatic nitrogens is 3. The molecule has 0 saturated carbocycles. The molecule has 0 radical (unpaired) electrons. The number of nitrogens with one attached hydrogen (secondary N) is 1. The van der Waals surface area contributed by atoms with E-state index >= 15 is 0 Å². The van der Waals surface area contributed by atoms with Crippen molar-refractivity contribution in [1.82, 2.24) is 20.3 Å². The van der Waals surface area contributed by atoms with Gasteiger partial charge in [-0.15, -0.1) is 5.10 Å². The number of hydrogen-bond donors (Lipinski definition) is 2. The summed E-state index contributed by atoms with van der Waals surface area (Å²) in [5, 5.41) is 10.4. The molecule has 3 N–H and O–H groups in total. The topological polar surface area (TPSA) is 85.8 Å². The van der Waals surface area contributed by atoms with Crippen molar-refractivity contribution in [3.8, 4) is 0 Å². The summed E-state index contributed by atoms with van der Waals surface area (Å²) < 4.78 is 1.75. The van der Waals surface area contributed by atoms with Crippen molar-refractivity contribution < 1.29 is 4.79 Å².